The van der Waals surface area contributed by atoms with E-state index < -0.39 is 5.91 Å². The van der Waals surface area contributed by atoms with Crippen molar-refractivity contribution >= 4 is 11.6 Å². The van der Waals surface area contributed by atoms with E-state index in [1.807, 2.05) is 68.4 Å². The second-order valence-electron chi connectivity index (χ2n) is 5.29. The number of amides is 1. The number of hydrogen-bond acceptors (Lipinski definition) is 3. The molecule has 2 rings (SSSR count). The molecule has 0 bridgehead atoms. The standard InChI is InChI=1S/C19H19N3O/c1-14-7-6-10-18(11-14)22-19(23)17(12-20)13-21-15(2)16-8-4-3-5-9-16/h3-11,13,15,21H,1-2H3,(H,22,23)/b17-13-. The number of hydrogen-bond donors (Lipinski definition) is 2. The molecule has 2 aromatic rings. The molecule has 0 saturated carbocycles. The van der Waals surface area contributed by atoms with Crippen molar-refractivity contribution in [1.82, 2.24) is 5.32 Å². The number of benzene rings is 2. The SMILES string of the molecule is Cc1cccc(NC(=O)/C(C#N)=C\NC(C)c2ccccc2)c1. The van der Waals surface area contributed by atoms with Crippen LogP contribution in [0.4, 0.5) is 5.69 Å². The summed E-state index contributed by atoms with van der Waals surface area (Å²) in [6, 6.07) is 19.2. The van der Waals surface area contributed by atoms with Crippen molar-refractivity contribution in [2.75, 3.05) is 5.32 Å². The fraction of sp³-hybridized carbons (Fsp3) is 0.158. The maximum Gasteiger partial charge on any atom is 0.267 e. The quantitative estimate of drug-likeness (QED) is 0.654. The monoisotopic (exact) mass is 305 g/mol. The smallest absolute Gasteiger partial charge is 0.267 e. The molecule has 4 nitrogen and oxygen atoms in total. The van der Waals surface area contributed by atoms with Crippen LogP contribution in [0.15, 0.2) is 66.4 Å². The van der Waals surface area contributed by atoms with Gasteiger partial charge in [0, 0.05) is 17.9 Å². The summed E-state index contributed by atoms with van der Waals surface area (Å²) in [7, 11) is 0. The summed E-state index contributed by atoms with van der Waals surface area (Å²) in [6.07, 6.45) is 1.46. The first-order chi connectivity index (χ1) is 11.1. The van der Waals surface area contributed by atoms with Crippen molar-refractivity contribution in [3.8, 4) is 6.07 Å². The van der Waals surface area contributed by atoms with Gasteiger partial charge in [-0.3, -0.25) is 4.79 Å². The van der Waals surface area contributed by atoms with Gasteiger partial charge < -0.3 is 10.6 Å². The largest absolute Gasteiger partial charge is 0.383 e. The average Bonchev–Trinajstić information content (AvgIpc) is 2.56. The zero-order valence-corrected chi connectivity index (χ0v) is 13.2. The zero-order chi connectivity index (χ0) is 16.7. The molecule has 1 atom stereocenters. The molecule has 0 aliphatic heterocycles. The van der Waals surface area contributed by atoms with Gasteiger partial charge in [0.25, 0.3) is 5.91 Å². The maximum atomic E-state index is 12.2. The molecule has 23 heavy (non-hydrogen) atoms. The first kappa shape index (κ1) is 16.3. The van der Waals surface area contributed by atoms with Crippen LogP contribution < -0.4 is 10.6 Å². The Labute approximate surface area is 136 Å². The lowest BCUT2D eigenvalue weighted by molar-refractivity contribution is -0.112. The molecule has 0 spiro atoms. The third kappa shape index (κ3) is 4.72. The number of nitriles is 1. The van der Waals surface area contributed by atoms with Crippen LogP contribution >= 0.6 is 0 Å². The predicted octanol–water partition coefficient (Wildman–Crippen LogP) is 3.69. The van der Waals surface area contributed by atoms with E-state index in [9.17, 15) is 10.1 Å². The van der Waals surface area contributed by atoms with Crippen LogP contribution in [0.5, 0.6) is 0 Å². The molecular formula is C19H19N3O. The third-order valence-corrected chi connectivity index (χ3v) is 3.42. The summed E-state index contributed by atoms with van der Waals surface area (Å²) < 4.78 is 0. The van der Waals surface area contributed by atoms with Crippen LogP contribution in [-0.4, -0.2) is 5.91 Å². The Hall–Kier alpha value is -3.06. The molecule has 1 amide bonds. The molecule has 1 unspecified atom stereocenters. The highest BCUT2D eigenvalue weighted by Gasteiger charge is 2.10. The number of anilines is 1. The number of carbonyl (C=O) groups is 1. The molecule has 0 radical (unpaired) electrons. The van der Waals surface area contributed by atoms with Crippen molar-refractivity contribution < 1.29 is 4.79 Å². The van der Waals surface area contributed by atoms with E-state index in [0.717, 1.165) is 11.1 Å². The summed E-state index contributed by atoms with van der Waals surface area (Å²) in [5.74, 6) is -0.425. The van der Waals surface area contributed by atoms with Gasteiger partial charge in [0.1, 0.15) is 11.6 Å². The number of aryl methyl sites for hydroxylation is 1. The molecule has 2 N–H and O–H groups in total. The Kier molecular flexibility index (Phi) is 5.54. The Morgan fingerprint density at radius 1 is 1.17 bits per heavy atom. The van der Waals surface area contributed by atoms with Crippen molar-refractivity contribution in [2.24, 2.45) is 0 Å². The Morgan fingerprint density at radius 2 is 1.91 bits per heavy atom. The molecule has 0 saturated heterocycles. The van der Waals surface area contributed by atoms with Gasteiger partial charge in [-0.2, -0.15) is 5.26 Å². The highest BCUT2D eigenvalue weighted by Crippen LogP contribution is 2.13. The molecular weight excluding hydrogens is 286 g/mol. The minimum absolute atomic E-state index is 0.00585. The van der Waals surface area contributed by atoms with Crippen LogP contribution in [0, 0.1) is 18.3 Å². The molecule has 0 fully saturated rings. The first-order valence-electron chi connectivity index (χ1n) is 7.39. The van der Waals surface area contributed by atoms with E-state index in [1.54, 1.807) is 6.07 Å². The van der Waals surface area contributed by atoms with E-state index in [1.165, 1.54) is 6.20 Å². The van der Waals surface area contributed by atoms with Gasteiger partial charge in [0.15, 0.2) is 0 Å². The summed E-state index contributed by atoms with van der Waals surface area (Å²) in [4.78, 5) is 12.2. The fourth-order valence-corrected chi connectivity index (χ4v) is 2.12. The lowest BCUT2D eigenvalue weighted by atomic mass is 10.1. The van der Waals surface area contributed by atoms with Crippen LogP contribution in [0.2, 0.25) is 0 Å². The molecule has 4 heteroatoms. The van der Waals surface area contributed by atoms with Crippen molar-refractivity contribution in [3.05, 3.63) is 77.5 Å². The van der Waals surface area contributed by atoms with Gasteiger partial charge in [-0.1, -0.05) is 42.5 Å². The lowest BCUT2D eigenvalue weighted by Crippen LogP contribution is -2.18. The predicted molar refractivity (Wildman–Crippen MR) is 91.5 cm³/mol. The average molecular weight is 305 g/mol. The van der Waals surface area contributed by atoms with E-state index >= 15 is 0 Å². The number of carbonyl (C=O) groups excluding carboxylic acids is 1. The highest BCUT2D eigenvalue weighted by atomic mass is 16.1. The topological polar surface area (TPSA) is 64.9 Å². The van der Waals surface area contributed by atoms with Crippen LogP contribution in [0.25, 0.3) is 0 Å². The number of nitrogens with one attached hydrogen (secondary N) is 2. The summed E-state index contributed by atoms with van der Waals surface area (Å²) in [5.41, 5.74) is 2.84. The van der Waals surface area contributed by atoms with Crippen molar-refractivity contribution in [1.29, 1.82) is 5.26 Å². The first-order valence-corrected chi connectivity index (χ1v) is 7.39. The van der Waals surface area contributed by atoms with Gasteiger partial charge >= 0.3 is 0 Å². The van der Waals surface area contributed by atoms with Gasteiger partial charge in [-0.25, -0.2) is 0 Å². The molecule has 2 aromatic carbocycles. The highest BCUT2D eigenvalue weighted by molar-refractivity contribution is 6.06. The Morgan fingerprint density at radius 3 is 2.57 bits per heavy atom. The minimum atomic E-state index is -0.425. The zero-order valence-electron chi connectivity index (χ0n) is 13.2. The van der Waals surface area contributed by atoms with Gasteiger partial charge in [-0.05, 0) is 37.1 Å². The molecule has 0 heterocycles. The molecule has 116 valence electrons. The van der Waals surface area contributed by atoms with Gasteiger partial charge in [0.2, 0.25) is 0 Å². The Bertz CT molecular complexity index is 745. The van der Waals surface area contributed by atoms with Gasteiger partial charge in [0.05, 0.1) is 0 Å². The molecule has 0 aliphatic carbocycles. The van der Waals surface area contributed by atoms with Crippen LogP contribution in [-0.2, 0) is 4.79 Å². The van der Waals surface area contributed by atoms with Crippen molar-refractivity contribution in [3.63, 3.8) is 0 Å². The summed E-state index contributed by atoms with van der Waals surface area (Å²) >= 11 is 0. The van der Waals surface area contributed by atoms with E-state index in [0.29, 0.717) is 5.69 Å². The summed E-state index contributed by atoms with van der Waals surface area (Å²) in [5, 5.41) is 15.0. The molecule has 0 aromatic heterocycles. The third-order valence-electron chi connectivity index (χ3n) is 3.42. The van der Waals surface area contributed by atoms with E-state index in [2.05, 4.69) is 10.6 Å². The Balaban J connectivity index is 2.04. The van der Waals surface area contributed by atoms with E-state index in [-0.39, 0.29) is 11.6 Å². The second kappa shape index (κ2) is 7.81. The lowest BCUT2D eigenvalue weighted by Gasteiger charge is -2.12. The number of nitrogens with zero attached hydrogens (tertiary/aromatic N) is 1. The fourth-order valence-electron chi connectivity index (χ4n) is 2.12. The van der Waals surface area contributed by atoms with Crippen molar-refractivity contribution in [2.45, 2.75) is 19.9 Å². The maximum absolute atomic E-state index is 12.2. The molecule has 0 aliphatic rings. The van der Waals surface area contributed by atoms with Crippen LogP contribution in [0.1, 0.15) is 24.1 Å². The van der Waals surface area contributed by atoms with Crippen LogP contribution in [0.3, 0.4) is 0 Å². The van der Waals surface area contributed by atoms with Gasteiger partial charge in [-0.15, -0.1) is 0 Å². The second-order valence-corrected chi connectivity index (χ2v) is 5.29. The van der Waals surface area contributed by atoms with E-state index in [4.69, 9.17) is 0 Å². The normalized spacial score (nSPS) is 12.1. The number of rotatable bonds is 5. The summed E-state index contributed by atoms with van der Waals surface area (Å²) in [6.45, 7) is 3.92. The minimum Gasteiger partial charge on any atom is -0.383 e.